The largest absolute Gasteiger partial charge is 0.425 e. The number of hydrogen-bond donors (Lipinski definition) is 5. The van der Waals surface area contributed by atoms with Crippen LogP contribution in [0.2, 0.25) is 0 Å². The Morgan fingerprint density at radius 3 is 2.65 bits per heavy atom. The summed E-state index contributed by atoms with van der Waals surface area (Å²) < 4.78 is 7.22. The van der Waals surface area contributed by atoms with Gasteiger partial charge in [0.05, 0.1) is 12.9 Å². The van der Waals surface area contributed by atoms with E-state index in [-0.39, 0.29) is 16.7 Å². The molecule has 4 atom stereocenters. The molecule has 108 valence electrons. The minimum atomic E-state index is -1.26. The van der Waals surface area contributed by atoms with E-state index >= 15 is 0 Å². The van der Waals surface area contributed by atoms with Crippen LogP contribution in [0.25, 0.3) is 11.2 Å². The Morgan fingerprint density at radius 1 is 1.25 bits per heavy atom. The summed E-state index contributed by atoms with van der Waals surface area (Å²) in [5.74, 6) is 0. The number of ether oxygens (including phenoxy) is 1. The molecule has 0 spiro atoms. The van der Waals surface area contributed by atoms with Gasteiger partial charge in [-0.15, -0.1) is 0 Å². The van der Waals surface area contributed by atoms with E-state index in [1.807, 2.05) is 0 Å². The Kier molecular flexibility index (Phi) is 2.94. The summed E-state index contributed by atoms with van der Waals surface area (Å²) >= 11 is 0. The summed E-state index contributed by atoms with van der Waals surface area (Å²) in [5.41, 5.74) is 0.0726. The molecule has 1 aliphatic rings. The van der Waals surface area contributed by atoms with Crippen LogP contribution < -0.4 is 5.49 Å². The second kappa shape index (κ2) is 4.52. The molecule has 0 saturated carbocycles. The van der Waals surface area contributed by atoms with Gasteiger partial charge >= 0.3 is 0 Å². The summed E-state index contributed by atoms with van der Waals surface area (Å²) in [4.78, 5) is 7.85. The van der Waals surface area contributed by atoms with Crippen LogP contribution in [0.15, 0.2) is 12.7 Å². The van der Waals surface area contributed by atoms with Crippen molar-refractivity contribution in [3.05, 3.63) is 18.1 Å². The molecular weight excluding hydrogens is 270 g/mol. The third-order valence-corrected chi connectivity index (χ3v) is 3.30. The molecule has 0 aliphatic carbocycles. The molecule has 2 aromatic heterocycles. The highest BCUT2D eigenvalue weighted by Gasteiger charge is 2.43. The van der Waals surface area contributed by atoms with Gasteiger partial charge in [-0.1, -0.05) is 0 Å². The van der Waals surface area contributed by atoms with Gasteiger partial charge in [0.25, 0.3) is 0 Å². The maximum atomic E-state index is 9.95. The van der Waals surface area contributed by atoms with Gasteiger partial charge in [-0.05, 0) is 0 Å². The van der Waals surface area contributed by atoms with Gasteiger partial charge in [-0.3, -0.25) is 9.98 Å². The van der Waals surface area contributed by atoms with Crippen molar-refractivity contribution in [1.29, 1.82) is 5.41 Å². The van der Waals surface area contributed by atoms with Crippen LogP contribution >= 0.6 is 0 Å². The van der Waals surface area contributed by atoms with Crippen LogP contribution in [-0.2, 0) is 4.74 Å². The molecule has 10 nitrogen and oxygen atoms in total. The molecule has 1 aliphatic heterocycles. The molecule has 3 heterocycles. The predicted molar refractivity (Wildman–Crippen MR) is 61.6 cm³/mol. The average molecular weight is 283 g/mol. The molecular formula is C10H13N5O5. The van der Waals surface area contributed by atoms with Crippen molar-refractivity contribution in [2.45, 2.75) is 24.5 Å². The van der Waals surface area contributed by atoms with Crippen molar-refractivity contribution < 1.29 is 25.3 Å². The molecule has 10 heteroatoms. The smallest absolute Gasteiger partial charge is 0.192 e. The maximum absolute atomic E-state index is 9.95. The third kappa shape index (κ3) is 1.70. The number of imidazole rings is 1. The highest BCUT2D eigenvalue weighted by Crippen LogP contribution is 2.30. The molecule has 0 radical (unpaired) electrons. The molecule has 5 N–H and O–H groups in total. The molecule has 1 fully saturated rings. The Bertz CT molecular complexity index is 697. The van der Waals surface area contributed by atoms with Crippen molar-refractivity contribution >= 4 is 11.2 Å². The Hall–Kier alpha value is -2.01. The normalized spacial score (nSPS) is 30.1. The van der Waals surface area contributed by atoms with Crippen molar-refractivity contribution in [1.82, 2.24) is 19.3 Å². The first-order valence-electron chi connectivity index (χ1n) is 5.85. The monoisotopic (exact) mass is 283 g/mol. The minimum absolute atomic E-state index is 0.118. The predicted octanol–water partition coefficient (Wildman–Crippen LogP) is -2.44. The fourth-order valence-electron chi connectivity index (χ4n) is 2.22. The number of nitrogens with zero attached hydrogens (tertiary/aromatic N) is 4. The fraction of sp³-hybridized carbons (Fsp3) is 0.500. The van der Waals surface area contributed by atoms with Gasteiger partial charge in [-0.2, -0.15) is 4.73 Å². The number of aliphatic hydroxyl groups is 3. The summed E-state index contributed by atoms with van der Waals surface area (Å²) in [7, 11) is 0. The van der Waals surface area contributed by atoms with E-state index in [0.29, 0.717) is 4.73 Å². The lowest BCUT2D eigenvalue weighted by Crippen LogP contribution is -2.33. The van der Waals surface area contributed by atoms with Crippen LogP contribution in [0, 0.1) is 5.41 Å². The van der Waals surface area contributed by atoms with E-state index in [1.165, 1.54) is 10.9 Å². The van der Waals surface area contributed by atoms with Gasteiger partial charge in [0.2, 0.25) is 0 Å². The van der Waals surface area contributed by atoms with Crippen LogP contribution in [-0.4, -0.2) is 64.7 Å². The average Bonchev–Trinajstić information content (AvgIpc) is 2.98. The first kappa shape index (κ1) is 13.0. The van der Waals surface area contributed by atoms with E-state index in [2.05, 4.69) is 9.97 Å². The highest BCUT2D eigenvalue weighted by molar-refractivity contribution is 5.68. The van der Waals surface area contributed by atoms with E-state index in [1.54, 1.807) is 0 Å². The van der Waals surface area contributed by atoms with E-state index in [4.69, 9.17) is 15.3 Å². The maximum Gasteiger partial charge on any atom is 0.192 e. The van der Waals surface area contributed by atoms with Crippen LogP contribution in [0.1, 0.15) is 6.23 Å². The van der Waals surface area contributed by atoms with Gasteiger partial charge < -0.3 is 25.3 Å². The number of aliphatic hydroxyl groups excluding tert-OH is 3. The second-order valence-electron chi connectivity index (χ2n) is 4.49. The third-order valence-electron chi connectivity index (χ3n) is 3.30. The van der Waals surface area contributed by atoms with E-state index < -0.39 is 31.1 Å². The lowest BCUT2D eigenvalue weighted by Gasteiger charge is -2.16. The Labute approximate surface area is 111 Å². The quantitative estimate of drug-likeness (QED) is 0.384. The number of rotatable bonds is 2. The summed E-state index contributed by atoms with van der Waals surface area (Å²) in [5, 5.41) is 45.7. The number of fused-ring (bicyclic) bond motifs is 1. The van der Waals surface area contributed by atoms with Crippen LogP contribution in [0.3, 0.4) is 0 Å². The molecule has 2 aromatic rings. The Balaban J connectivity index is 2.08. The van der Waals surface area contributed by atoms with Gasteiger partial charge in [0.1, 0.15) is 24.6 Å². The molecule has 1 saturated heterocycles. The first-order chi connectivity index (χ1) is 9.54. The summed E-state index contributed by atoms with van der Waals surface area (Å²) in [6.07, 6.45) is -2.07. The molecule has 3 rings (SSSR count). The van der Waals surface area contributed by atoms with E-state index in [0.717, 1.165) is 6.33 Å². The molecule has 20 heavy (non-hydrogen) atoms. The molecule has 0 amide bonds. The van der Waals surface area contributed by atoms with Gasteiger partial charge in [0.15, 0.2) is 22.9 Å². The molecule has 0 bridgehead atoms. The minimum Gasteiger partial charge on any atom is -0.425 e. The standard InChI is InChI=1S/C10H13N5O5/c11-8-5-9(13-3-15(8)19)14(2-12-5)10-7(18)6(17)4(1-16)20-10/h2-4,6-7,10-11,16-19H,1H2. The zero-order valence-electron chi connectivity index (χ0n) is 10.2. The van der Waals surface area contributed by atoms with Crippen molar-refractivity contribution in [3.63, 3.8) is 0 Å². The summed E-state index contributed by atoms with van der Waals surface area (Å²) in [6.45, 7) is -0.435. The number of hydrogen-bond acceptors (Lipinski definition) is 8. The zero-order valence-corrected chi connectivity index (χ0v) is 10.2. The van der Waals surface area contributed by atoms with Gasteiger partial charge in [0, 0.05) is 0 Å². The fourth-order valence-corrected chi connectivity index (χ4v) is 2.22. The summed E-state index contributed by atoms with van der Waals surface area (Å²) in [6, 6.07) is 0. The molecule has 4 unspecified atom stereocenters. The van der Waals surface area contributed by atoms with Crippen LogP contribution in [0.4, 0.5) is 0 Å². The van der Waals surface area contributed by atoms with Crippen molar-refractivity contribution in [2.75, 3.05) is 6.61 Å². The van der Waals surface area contributed by atoms with E-state index in [9.17, 15) is 15.4 Å². The molecule has 0 aromatic carbocycles. The lowest BCUT2D eigenvalue weighted by atomic mass is 10.1. The lowest BCUT2D eigenvalue weighted by molar-refractivity contribution is -0.0511. The van der Waals surface area contributed by atoms with Crippen molar-refractivity contribution in [3.8, 4) is 0 Å². The number of nitrogens with one attached hydrogen (secondary N) is 1. The topological polar surface area (TPSA) is 150 Å². The zero-order chi connectivity index (χ0) is 14.4. The van der Waals surface area contributed by atoms with Crippen LogP contribution in [0.5, 0.6) is 0 Å². The Morgan fingerprint density at radius 2 is 2.00 bits per heavy atom. The SMILES string of the molecule is N=c1c2ncn(C3OC(CO)C(O)C3O)c2ncn1O. The van der Waals surface area contributed by atoms with Gasteiger partial charge in [-0.25, -0.2) is 9.97 Å². The highest BCUT2D eigenvalue weighted by atomic mass is 16.6. The van der Waals surface area contributed by atoms with Crippen molar-refractivity contribution in [2.24, 2.45) is 0 Å². The number of aromatic nitrogens is 4. The first-order valence-corrected chi connectivity index (χ1v) is 5.85. The second-order valence-corrected chi connectivity index (χ2v) is 4.49.